The third kappa shape index (κ3) is 5.73. The lowest BCUT2D eigenvalue weighted by molar-refractivity contribution is -0.134. The van der Waals surface area contributed by atoms with Crippen molar-refractivity contribution in [3.63, 3.8) is 0 Å². The van der Waals surface area contributed by atoms with Gasteiger partial charge in [-0.05, 0) is 29.8 Å². The molecular formula is C19H15ClF5N3O2S. The number of anilines is 1. The molecule has 1 heterocycles. The number of carboxylic acid groups (broad SMARTS) is 1. The van der Waals surface area contributed by atoms with Gasteiger partial charge in [-0.25, -0.2) is 8.78 Å². The Morgan fingerprint density at radius 3 is 2.42 bits per heavy atom. The molecule has 0 aliphatic carbocycles. The smallest absolute Gasteiger partial charge is 0.449 e. The fourth-order valence-corrected chi connectivity index (χ4v) is 4.13. The summed E-state index contributed by atoms with van der Waals surface area (Å²) in [6.45, 7) is 1.08. The molecule has 0 spiro atoms. The molecule has 0 radical (unpaired) electrons. The highest BCUT2D eigenvalue weighted by Crippen LogP contribution is 2.46. The Morgan fingerprint density at radius 1 is 1.23 bits per heavy atom. The summed E-state index contributed by atoms with van der Waals surface area (Å²) >= 11 is 6.94. The number of hydrogen-bond acceptors (Lipinski definition) is 4. The third-order valence-corrected chi connectivity index (χ3v) is 5.44. The number of fused-ring (bicyclic) bond motifs is 1. The fraction of sp³-hybridized carbons (Fsp3) is 0.211. The first-order valence-corrected chi connectivity index (χ1v) is 9.85. The molecule has 1 aliphatic rings. The minimum Gasteiger partial charge on any atom is -0.481 e. The van der Waals surface area contributed by atoms with E-state index in [2.05, 4.69) is 0 Å². The van der Waals surface area contributed by atoms with Gasteiger partial charge in [0.1, 0.15) is 5.84 Å². The summed E-state index contributed by atoms with van der Waals surface area (Å²) in [5.41, 5.74) is -0.0321. The van der Waals surface area contributed by atoms with Gasteiger partial charge in [-0.3, -0.25) is 20.5 Å². The Labute approximate surface area is 182 Å². The Bertz CT molecular complexity index is 1030. The van der Waals surface area contributed by atoms with Crippen molar-refractivity contribution in [2.24, 2.45) is 0 Å². The number of thioether (sulfide) groups is 1. The van der Waals surface area contributed by atoms with E-state index in [-0.39, 0.29) is 27.6 Å². The molecule has 31 heavy (non-hydrogen) atoms. The van der Waals surface area contributed by atoms with E-state index in [0.29, 0.717) is 4.90 Å². The second-order valence-electron chi connectivity index (χ2n) is 6.18. The van der Waals surface area contributed by atoms with Crippen molar-refractivity contribution in [2.75, 3.05) is 10.7 Å². The largest absolute Gasteiger partial charge is 0.481 e. The quantitative estimate of drug-likeness (QED) is 0.271. The summed E-state index contributed by atoms with van der Waals surface area (Å²) in [5, 5.41) is 22.2. The van der Waals surface area contributed by atoms with E-state index in [0.717, 1.165) is 24.8 Å². The molecule has 0 saturated carbocycles. The van der Waals surface area contributed by atoms with Gasteiger partial charge in [-0.2, -0.15) is 13.2 Å². The van der Waals surface area contributed by atoms with Crippen LogP contribution in [-0.4, -0.2) is 34.7 Å². The lowest BCUT2D eigenvalue weighted by atomic mass is 10.0. The molecule has 0 amide bonds. The number of rotatable bonds is 1. The maximum atomic E-state index is 14.3. The highest BCUT2D eigenvalue weighted by Gasteiger charge is 2.43. The Hall–Kier alpha value is -2.66. The molecule has 2 aromatic rings. The van der Waals surface area contributed by atoms with Gasteiger partial charge in [-0.1, -0.05) is 23.7 Å². The van der Waals surface area contributed by atoms with Crippen LogP contribution in [-0.2, 0) is 4.79 Å². The number of nitrogens with zero attached hydrogens (tertiary/aromatic N) is 1. The molecule has 0 bridgehead atoms. The lowest BCUT2D eigenvalue weighted by Crippen LogP contribution is -2.45. The van der Waals surface area contributed by atoms with Crippen LogP contribution in [0.25, 0.3) is 0 Å². The van der Waals surface area contributed by atoms with E-state index in [1.807, 2.05) is 0 Å². The first-order chi connectivity index (χ1) is 14.3. The average Bonchev–Trinajstić information content (AvgIpc) is 2.78. The molecule has 0 aromatic heterocycles. The van der Waals surface area contributed by atoms with Gasteiger partial charge < -0.3 is 5.11 Å². The molecule has 1 aliphatic heterocycles. The summed E-state index contributed by atoms with van der Waals surface area (Å²) in [7, 11) is 0. The SMILES string of the molecule is CC(=O)O.N=C1CSC(c2cccc(F)c2F)c2cc(Cl)ccc2N1C(=N)C(F)(F)F. The van der Waals surface area contributed by atoms with Crippen LogP contribution in [0, 0.1) is 22.5 Å². The Kier molecular flexibility index (Phi) is 7.66. The number of hydrogen-bond donors (Lipinski definition) is 3. The lowest BCUT2D eigenvalue weighted by Gasteiger charge is -2.27. The standard InChI is InChI=1S/C17H11ClF5N3S.C2H4O2/c18-8-4-5-12-10(6-8)15(9-2-1-3-11(19)14(9)20)27-7-13(24)26(12)16(25)17(21,22)23;1-2(3)4/h1-6,15,24-25H,7H2;1H3,(H,3,4). The van der Waals surface area contributed by atoms with Gasteiger partial charge >= 0.3 is 6.18 Å². The molecule has 0 saturated heterocycles. The molecule has 3 N–H and O–H groups in total. The highest BCUT2D eigenvalue weighted by atomic mass is 35.5. The van der Waals surface area contributed by atoms with Crippen LogP contribution in [0.1, 0.15) is 23.3 Å². The maximum Gasteiger partial charge on any atom is 0.449 e. The van der Waals surface area contributed by atoms with Crippen LogP contribution in [0.15, 0.2) is 36.4 Å². The van der Waals surface area contributed by atoms with Gasteiger partial charge in [-0.15, -0.1) is 11.8 Å². The van der Waals surface area contributed by atoms with Crippen molar-refractivity contribution >= 4 is 46.7 Å². The second-order valence-corrected chi connectivity index (χ2v) is 7.71. The van der Waals surface area contributed by atoms with Crippen LogP contribution < -0.4 is 4.90 Å². The number of carboxylic acids is 1. The van der Waals surface area contributed by atoms with Crippen molar-refractivity contribution in [1.29, 1.82) is 10.8 Å². The van der Waals surface area contributed by atoms with Crippen molar-refractivity contribution < 1.29 is 31.9 Å². The van der Waals surface area contributed by atoms with Crippen molar-refractivity contribution in [3.05, 3.63) is 64.2 Å². The minimum atomic E-state index is -4.99. The van der Waals surface area contributed by atoms with E-state index < -0.39 is 40.7 Å². The van der Waals surface area contributed by atoms with E-state index in [9.17, 15) is 22.0 Å². The predicted molar refractivity (Wildman–Crippen MR) is 109 cm³/mol. The summed E-state index contributed by atoms with van der Waals surface area (Å²) in [5.74, 6) is -5.52. The Morgan fingerprint density at radius 2 is 1.84 bits per heavy atom. The number of benzene rings is 2. The molecule has 12 heteroatoms. The summed E-state index contributed by atoms with van der Waals surface area (Å²) in [4.78, 5) is 9.45. The van der Waals surface area contributed by atoms with Gasteiger partial charge in [0, 0.05) is 17.5 Å². The van der Waals surface area contributed by atoms with E-state index in [4.69, 9.17) is 32.3 Å². The van der Waals surface area contributed by atoms with Crippen LogP contribution in [0.2, 0.25) is 5.02 Å². The zero-order chi connectivity index (χ0) is 23.5. The summed E-state index contributed by atoms with van der Waals surface area (Å²) in [6, 6.07) is 7.46. The first-order valence-electron chi connectivity index (χ1n) is 8.42. The number of carbonyl (C=O) groups is 1. The van der Waals surface area contributed by atoms with Gasteiger partial charge in [0.25, 0.3) is 5.97 Å². The number of amidine groups is 2. The van der Waals surface area contributed by atoms with Crippen molar-refractivity contribution in [2.45, 2.75) is 18.3 Å². The predicted octanol–water partition coefficient (Wildman–Crippen LogP) is 5.87. The molecular weight excluding hydrogens is 465 g/mol. The van der Waals surface area contributed by atoms with Gasteiger partial charge in [0.2, 0.25) is 5.84 Å². The fourth-order valence-electron chi connectivity index (χ4n) is 2.76. The van der Waals surface area contributed by atoms with Crippen molar-refractivity contribution in [3.8, 4) is 0 Å². The first kappa shape index (κ1) is 24.6. The van der Waals surface area contributed by atoms with E-state index >= 15 is 0 Å². The zero-order valence-corrected chi connectivity index (χ0v) is 17.3. The molecule has 1 unspecified atom stereocenters. The highest BCUT2D eigenvalue weighted by molar-refractivity contribution is 8.00. The second kappa shape index (κ2) is 9.65. The minimum absolute atomic E-state index is 0.0725. The van der Waals surface area contributed by atoms with Gasteiger partial charge in [0.15, 0.2) is 11.6 Å². The topological polar surface area (TPSA) is 88.2 Å². The summed E-state index contributed by atoms with van der Waals surface area (Å²) < 4.78 is 67.5. The number of alkyl halides is 3. The zero-order valence-electron chi connectivity index (χ0n) is 15.7. The van der Waals surface area contributed by atoms with E-state index in [1.165, 1.54) is 30.3 Å². The Balaban J connectivity index is 0.000000785. The summed E-state index contributed by atoms with van der Waals surface area (Å²) in [6.07, 6.45) is -4.99. The van der Waals surface area contributed by atoms with Crippen LogP contribution in [0.5, 0.6) is 0 Å². The maximum absolute atomic E-state index is 14.3. The van der Waals surface area contributed by atoms with Gasteiger partial charge in [0.05, 0.1) is 16.7 Å². The molecule has 5 nitrogen and oxygen atoms in total. The third-order valence-electron chi connectivity index (χ3n) is 3.93. The average molecular weight is 480 g/mol. The normalized spacial score (nSPS) is 16.0. The number of nitrogens with one attached hydrogen (secondary N) is 2. The van der Waals surface area contributed by atoms with Crippen LogP contribution >= 0.6 is 23.4 Å². The van der Waals surface area contributed by atoms with Crippen molar-refractivity contribution in [1.82, 2.24) is 0 Å². The number of aliphatic carboxylic acids is 1. The molecule has 2 aromatic carbocycles. The molecule has 1 atom stereocenters. The molecule has 0 fully saturated rings. The van der Waals surface area contributed by atoms with Crippen LogP contribution in [0.4, 0.5) is 27.6 Å². The molecule has 3 rings (SSSR count). The van der Waals surface area contributed by atoms with E-state index in [1.54, 1.807) is 0 Å². The molecule has 166 valence electrons. The van der Waals surface area contributed by atoms with Crippen LogP contribution in [0.3, 0.4) is 0 Å². The monoisotopic (exact) mass is 479 g/mol. The number of halogens is 6.